The summed E-state index contributed by atoms with van der Waals surface area (Å²) >= 11 is 0. The first-order chi connectivity index (χ1) is 28.9. The van der Waals surface area contributed by atoms with Gasteiger partial charge in [-0.15, -0.1) is 0 Å². The highest BCUT2D eigenvalue weighted by Gasteiger charge is 2.29. The van der Waals surface area contributed by atoms with Gasteiger partial charge >= 0.3 is 0 Å². The van der Waals surface area contributed by atoms with E-state index in [1.165, 1.54) is 0 Å². The van der Waals surface area contributed by atoms with E-state index in [4.69, 9.17) is 24.9 Å². The molecular weight excluding hydrogens is 723 g/mol. The topological polar surface area (TPSA) is 78.5 Å². The van der Waals surface area contributed by atoms with E-state index >= 15 is 0 Å². The van der Waals surface area contributed by atoms with Crippen molar-refractivity contribution in [2.45, 2.75) is 59.5 Å². The van der Waals surface area contributed by atoms with Gasteiger partial charge in [-0.25, -0.2) is 15.0 Å². The van der Waals surface area contributed by atoms with Gasteiger partial charge in [-0.2, -0.15) is 0 Å². The van der Waals surface area contributed by atoms with Crippen molar-refractivity contribution in [2.75, 3.05) is 7.05 Å². The lowest BCUT2D eigenvalue weighted by molar-refractivity contribution is 0.382. The lowest BCUT2D eigenvalue weighted by atomic mass is 9.97. The van der Waals surface area contributed by atoms with Crippen molar-refractivity contribution in [3.8, 4) is 0 Å². The summed E-state index contributed by atoms with van der Waals surface area (Å²) in [6.45, 7) is 16.4. The molecule has 59 heavy (non-hydrogen) atoms. The smallest absolute Gasteiger partial charge is 0.159 e. The van der Waals surface area contributed by atoms with E-state index in [1.807, 2.05) is 94.9 Å². The van der Waals surface area contributed by atoms with Crippen LogP contribution in [0.15, 0.2) is 166 Å². The van der Waals surface area contributed by atoms with Gasteiger partial charge in [-0.05, 0) is 62.6 Å². The van der Waals surface area contributed by atoms with Crippen LogP contribution in [0.2, 0.25) is 0 Å². The average Bonchev–Trinajstić information content (AvgIpc) is 3.27. The Labute approximate surface area is 350 Å². The van der Waals surface area contributed by atoms with Crippen molar-refractivity contribution in [2.24, 2.45) is 20.0 Å². The van der Waals surface area contributed by atoms with Crippen LogP contribution in [0, 0.1) is 0 Å². The monoisotopic (exact) mass is 775 g/mol. The summed E-state index contributed by atoms with van der Waals surface area (Å²) in [5.74, 6) is 1.39. The highest BCUT2D eigenvalue weighted by atomic mass is 15.3. The molecule has 1 aromatic carbocycles. The molecule has 0 radical (unpaired) electrons. The molecule has 0 saturated carbocycles. The molecule has 7 heteroatoms. The van der Waals surface area contributed by atoms with E-state index in [0.29, 0.717) is 12.3 Å². The van der Waals surface area contributed by atoms with Crippen LogP contribution in [0.5, 0.6) is 0 Å². The second-order valence-corrected chi connectivity index (χ2v) is 14.0. The zero-order valence-corrected chi connectivity index (χ0v) is 34.9. The molecule has 0 amide bonds. The quantitative estimate of drug-likeness (QED) is 0.153. The molecule has 1 atom stereocenters. The number of pyridine rings is 2. The molecule has 0 saturated heterocycles. The summed E-state index contributed by atoms with van der Waals surface area (Å²) in [4.78, 5) is 32.4. The van der Waals surface area contributed by atoms with Gasteiger partial charge in [0.25, 0.3) is 0 Å². The number of allylic oxidation sites excluding steroid dienone is 9. The number of hydrogen-bond acceptors (Lipinski definition) is 7. The van der Waals surface area contributed by atoms with E-state index in [2.05, 4.69) is 115 Å². The Morgan fingerprint density at radius 3 is 2.27 bits per heavy atom. The number of rotatable bonds is 14. The Kier molecular flexibility index (Phi) is 14.5. The maximum Gasteiger partial charge on any atom is 0.159 e. The lowest BCUT2D eigenvalue weighted by Gasteiger charge is -2.34. The van der Waals surface area contributed by atoms with Crippen molar-refractivity contribution in [3.63, 3.8) is 0 Å². The van der Waals surface area contributed by atoms with E-state index in [0.717, 1.165) is 98.3 Å². The van der Waals surface area contributed by atoms with Crippen molar-refractivity contribution in [3.05, 3.63) is 197 Å². The maximum absolute atomic E-state index is 5.37. The lowest BCUT2D eigenvalue weighted by Crippen LogP contribution is -2.36. The molecule has 2 aromatic heterocycles. The Balaban J connectivity index is 1.45. The second-order valence-electron chi connectivity index (χ2n) is 14.0. The molecule has 0 N–H and O–H groups in total. The molecule has 0 spiro atoms. The van der Waals surface area contributed by atoms with Crippen LogP contribution < -0.4 is 0 Å². The third-order valence-corrected chi connectivity index (χ3v) is 9.98. The van der Waals surface area contributed by atoms with Crippen LogP contribution in [-0.2, 0) is 6.42 Å². The molecule has 7 nitrogen and oxygen atoms in total. The summed E-state index contributed by atoms with van der Waals surface area (Å²) in [6.07, 6.45) is 39.1. The van der Waals surface area contributed by atoms with Crippen LogP contribution in [0.1, 0.15) is 104 Å². The molecule has 3 heterocycles. The van der Waals surface area contributed by atoms with Crippen molar-refractivity contribution in [1.29, 1.82) is 0 Å². The number of benzene rings is 1. The molecule has 0 fully saturated rings. The van der Waals surface area contributed by atoms with Crippen LogP contribution in [-0.4, -0.2) is 45.0 Å². The van der Waals surface area contributed by atoms with Gasteiger partial charge in [-0.1, -0.05) is 135 Å². The minimum atomic E-state index is -0.413. The summed E-state index contributed by atoms with van der Waals surface area (Å²) < 4.78 is 0. The van der Waals surface area contributed by atoms with E-state index in [-0.39, 0.29) is 0 Å². The van der Waals surface area contributed by atoms with Gasteiger partial charge in [0.2, 0.25) is 0 Å². The number of amidine groups is 2. The summed E-state index contributed by atoms with van der Waals surface area (Å²) in [6, 6.07) is 14.6. The number of nitrogens with zero attached hydrogens (tertiary/aromatic N) is 7. The largest absolute Gasteiger partial charge is 0.333 e. The summed E-state index contributed by atoms with van der Waals surface area (Å²) in [5.41, 5.74) is 12.4. The van der Waals surface area contributed by atoms with E-state index in [9.17, 15) is 0 Å². The first kappa shape index (κ1) is 41.8. The maximum atomic E-state index is 5.37. The molecule has 3 aromatic rings. The van der Waals surface area contributed by atoms with Crippen LogP contribution >= 0.6 is 0 Å². The number of fused-ring (bicyclic) bond motifs is 2. The molecule has 2 aliphatic carbocycles. The predicted octanol–water partition coefficient (Wildman–Crippen LogP) is 12.3. The Hall–Kier alpha value is -6.86. The fourth-order valence-electron chi connectivity index (χ4n) is 7.02. The van der Waals surface area contributed by atoms with Crippen molar-refractivity contribution in [1.82, 2.24) is 14.9 Å². The molecule has 1 aliphatic heterocycles. The standard InChI is InChI=1S/C52H53N7/c1-8-14-20-41(30-34-43-32-28-39-23-18-26-47(49(39)56-43)54-36-15-9-2)51-57-50(58-52(59(51)7)45-24-16-21-37(12-5)44(45)13-6)40(19-10-3)29-33-42-31-27-38-22-17-25-46(48(38)55-42)53-35-11-4/h8,10-24,27-32,34-36,52H,5-6,9,25-26,33H2,1-4,7H3/b14-8-,19-10-,34-30+,35-11-,36-15-,40-29+,41-20+,53-46+,54-47+. The molecule has 1 unspecified atom stereocenters. The summed E-state index contributed by atoms with van der Waals surface area (Å²) in [7, 11) is 2.04. The fourth-order valence-corrected chi connectivity index (χ4v) is 7.02. The summed E-state index contributed by atoms with van der Waals surface area (Å²) in [5, 5.41) is 0. The Morgan fingerprint density at radius 1 is 0.831 bits per heavy atom. The van der Waals surface area contributed by atoms with E-state index < -0.39 is 6.17 Å². The van der Waals surface area contributed by atoms with Crippen LogP contribution in [0.4, 0.5) is 0 Å². The number of aromatic nitrogens is 2. The molecular formula is C52H53N7. The number of aliphatic imine (C=N–C) groups is 4. The third kappa shape index (κ3) is 10.00. The minimum absolute atomic E-state index is 0.413. The minimum Gasteiger partial charge on any atom is -0.333 e. The molecule has 6 rings (SSSR count). The zero-order chi connectivity index (χ0) is 41.6. The van der Waals surface area contributed by atoms with Gasteiger partial charge in [0, 0.05) is 72.2 Å². The van der Waals surface area contributed by atoms with Gasteiger partial charge < -0.3 is 4.90 Å². The highest BCUT2D eigenvalue weighted by molar-refractivity contribution is 6.15. The first-order valence-electron chi connectivity index (χ1n) is 20.3. The number of likely N-dealkylation sites (N-methyl/N-ethyl adjacent to an activating group) is 1. The zero-order valence-electron chi connectivity index (χ0n) is 34.9. The molecule has 3 aliphatic rings. The van der Waals surface area contributed by atoms with Gasteiger partial charge in [0.15, 0.2) is 12.0 Å². The second kappa shape index (κ2) is 20.5. The average molecular weight is 776 g/mol. The molecule has 296 valence electrons. The SMILES string of the molecule is C=Cc1cccc(C2N=C(C(/C=C\C)=C/Cc3ccc4c(n3)/C(=N/C=C\C)CC=C4)N=C(C(/C=C/c3ccc4c(n3)/C(=N/C=C\CC)CC=C4)=C/C=C\C)N2C)c1C=C. The van der Waals surface area contributed by atoms with E-state index in [1.54, 1.807) is 0 Å². The predicted molar refractivity (Wildman–Crippen MR) is 254 cm³/mol. The fraction of sp³-hybridized carbons (Fsp3) is 0.192. The van der Waals surface area contributed by atoms with Gasteiger partial charge in [0.05, 0.1) is 28.5 Å². The van der Waals surface area contributed by atoms with Crippen LogP contribution in [0.25, 0.3) is 30.4 Å². The Bertz CT molecular complexity index is 2490. The highest BCUT2D eigenvalue weighted by Crippen LogP contribution is 2.33. The molecule has 0 bridgehead atoms. The number of hydrogen-bond donors (Lipinski definition) is 0. The van der Waals surface area contributed by atoms with Crippen LogP contribution in [0.3, 0.4) is 0 Å². The van der Waals surface area contributed by atoms with Gasteiger partial charge in [0.1, 0.15) is 5.84 Å². The normalized spacial score (nSPS) is 18.5. The van der Waals surface area contributed by atoms with Gasteiger partial charge in [-0.3, -0.25) is 15.0 Å². The van der Waals surface area contributed by atoms with Crippen molar-refractivity contribution >= 4 is 53.5 Å². The first-order valence-corrected chi connectivity index (χ1v) is 20.3. The third-order valence-electron chi connectivity index (χ3n) is 9.98. The Morgan fingerprint density at radius 2 is 1.58 bits per heavy atom. The van der Waals surface area contributed by atoms with Crippen molar-refractivity contribution < 1.29 is 0 Å².